The highest BCUT2D eigenvalue weighted by atomic mass is 16.6. The molecule has 0 aromatic heterocycles. The van der Waals surface area contributed by atoms with Crippen molar-refractivity contribution in [3.8, 4) is 17.2 Å². The van der Waals surface area contributed by atoms with Crippen LogP contribution in [-0.4, -0.2) is 108 Å². The number of nitrogens with one attached hydrogen (secondary N) is 1. The largest absolute Gasteiger partial charge is 0.493 e. The van der Waals surface area contributed by atoms with Gasteiger partial charge in [0.15, 0.2) is 23.5 Å². The molecule has 2 aliphatic carbocycles. The SMILES string of the molecule is COc1cc2c(cc1OCCCCCOc1cc3c(cc1C)C(=O)N1CC4(CC4)C[C@H]1C(O)N3C(=O)OCc1ccc(CC(=O)[C@H](C)NC(=O)[C@@H](N)C(C)C)cc1)CC[C@@H]1CC3(CC3)CN1C2=O. The molecule has 4 N–H and O–H groups in total. The maximum Gasteiger partial charge on any atom is 0.416 e. The third-order valence-electron chi connectivity index (χ3n) is 15.5. The maximum absolute atomic E-state index is 14.2. The highest BCUT2D eigenvalue weighted by Gasteiger charge is 2.58. The highest BCUT2D eigenvalue weighted by Crippen LogP contribution is 2.57. The number of rotatable bonds is 17. The molecule has 2 saturated carbocycles. The van der Waals surface area contributed by atoms with Gasteiger partial charge in [0.05, 0.1) is 49.7 Å². The molecule has 2 saturated heterocycles. The second-order valence-electron chi connectivity index (χ2n) is 20.9. The van der Waals surface area contributed by atoms with Gasteiger partial charge < -0.3 is 44.9 Å². The molecule has 9 rings (SSSR count). The molecule has 15 heteroatoms. The first kappa shape index (κ1) is 47.4. The van der Waals surface area contributed by atoms with Gasteiger partial charge in [0, 0.05) is 37.2 Å². The summed E-state index contributed by atoms with van der Waals surface area (Å²) >= 11 is 0. The van der Waals surface area contributed by atoms with Crippen molar-refractivity contribution < 1.29 is 48.0 Å². The predicted molar refractivity (Wildman–Crippen MR) is 254 cm³/mol. The minimum atomic E-state index is -1.35. The fraction of sp³-hybridized carbons (Fsp3) is 0.566. The standard InChI is InChI=1S/C53H67N5O10/c1-31(2)46(54)47(60)55-33(4)42(59)22-34-9-11-35(12-10-34)28-68-51(64)58-40-25-43(32(3)21-39(40)49(62)57-30-53(17-18-53)27-41(57)50(58)63)66-19-7-6-8-20-67-45-23-36-13-14-37-26-52(15-16-52)29-56(37)48(61)38(36)24-44(45)65-5/h9-12,21,23-25,31,33,37,41,46,50,63H,6-8,13-20,22,26-30,54H2,1-5H3,(H,55,60)/t33-,37+,41-,46-,50?/m0/s1. The summed E-state index contributed by atoms with van der Waals surface area (Å²) < 4.78 is 24.1. The van der Waals surface area contributed by atoms with Gasteiger partial charge >= 0.3 is 6.09 Å². The van der Waals surface area contributed by atoms with Crippen molar-refractivity contribution in [2.24, 2.45) is 22.5 Å². The number of hydrogen-bond donors (Lipinski definition) is 3. The number of fused-ring (bicyclic) bond motifs is 4. The topological polar surface area (TPSA) is 190 Å². The van der Waals surface area contributed by atoms with Crippen LogP contribution in [-0.2, 0) is 33.8 Å². The first-order chi connectivity index (χ1) is 32.6. The Morgan fingerprint density at radius 2 is 1.47 bits per heavy atom. The van der Waals surface area contributed by atoms with Gasteiger partial charge in [-0.25, -0.2) is 9.69 Å². The minimum Gasteiger partial charge on any atom is -0.493 e. The first-order valence-corrected chi connectivity index (χ1v) is 24.6. The highest BCUT2D eigenvalue weighted by molar-refractivity contribution is 6.06. The van der Waals surface area contributed by atoms with Crippen LogP contribution in [0.4, 0.5) is 10.5 Å². The van der Waals surface area contributed by atoms with E-state index in [0.717, 1.165) is 80.2 Å². The molecule has 0 radical (unpaired) electrons. The Morgan fingerprint density at radius 3 is 2.15 bits per heavy atom. The number of methoxy groups -OCH3 is 1. The summed E-state index contributed by atoms with van der Waals surface area (Å²) in [6, 6.07) is 12.6. The fourth-order valence-electron chi connectivity index (χ4n) is 10.7. The van der Waals surface area contributed by atoms with Gasteiger partial charge in [0.25, 0.3) is 11.8 Å². The summed E-state index contributed by atoms with van der Waals surface area (Å²) in [6.45, 7) is 9.32. The number of ether oxygens (including phenoxy) is 4. The van der Waals surface area contributed by atoms with Gasteiger partial charge in [-0.05, 0) is 142 Å². The van der Waals surface area contributed by atoms with Crippen molar-refractivity contribution in [1.29, 1.82) is 0 Å². The number of aryl methyl sites for hydroxylation is 2. The maximum atomic E-state index is 14.2. The number of nitrogens with zero attached hydrogens (tertiary/aromatic N) is 3. The number of nitrogens with two attached hydrogens (primary N) is 1. The monoisotopic (exact) mass is 933 g/mol. The molecule has 5 atom stereocenters. The van der Waals surface area contributed by atoms with E-state index in [1.165, 1.54) is 17.7 Å². The lowest BCUT2D eigenvalue weighted by Crippen LogP contribution is -2.50. The zero-order chi connectivity index (χ0) is 48.1. The van der Waals surface area contributed by atoms with Crippen LogP contribution >= 0.6 is 0 Å². The summed E-state index contributed by atoms with van der Waals surface area (Å²) in [5.41, 5.74) is 10.7. The Morgan fingerprint density at radius 1 is 0.824 bits per heavy atom. The van der Waals surface area contributed by atoms with E-state index in [0.29, 0.717) is 66.0 Å². The zero-order valence-electron chi connectivity index (χ0n) is 40.1. The Balaban J connectivity index is 0.808. The number of benzene rings is 3. The first-order valence-electron chi connectivity index (χ1n) is 24.6. The molecule has 15 nitrogen and oxygen atoms in total. The summed E-state index contributed by atoms with van der Waals surface area (Å²) in [5, 5.41) is 14.7. The summed E-state index contributed by atoms with van der Waals surface area (Å²) in [6.07, 6.45) is 8.16. The van der Waals surface area contributed by atoms with Crippen LogP contribution in [0.1, 0.15) is 128 Å². The third kappa shape index (κ3) is 9.65. The van der Waals surface area contributed by atoms with E-state index in [9.17, 15) is 29.1 Å². The van der Waals surface area contributed by atoms with Crippen LogP contribution in [0.2, 0.25) is 0 Å². The number of anilines is 1. The Labute approximate surface area is 399 Å². The van der Waals surface area contributed by atoms with Crippen molar-refractivity contribution in [1.82, 2.24) is 15.1 Å². The molecule has 364 valence electrons. The van der Waals surface area contributed by atoms with Gasteiger partial charge in [0.2, 0.25) is 5.91 Å². The number of aliphatic hydroxyl groups is 1. The molecule has 3 aromatic carbocycles. The van der Waals surface area contributed by atoms with Gasteiger partial charge in [-0.3, -0.25) is 19.2 Å². The lowest BCUT2D eigenvalue weighted by molar-refractivity contribution is -0.128. The minimum absolute atomic E-state index is 0.0330. The fourth-order valence-corrected chi connectivity index (χ4v) is 10.7. The van der Waals surface area contributed by atoms with E-state index in [1.807, 2.05) is 32.9 Å². The van der Waals surface area contributed by atoms with E-state index in [2.05, 4.69) is 10.2 Å². The molecule has 68 heavy (non-hydrogen) atoms. The Bertz CT molecular complexity index is 2450. The molecule has 2 spiro atoms. The smallest absolute Gasteiger partial charge is 0.416 e. The number of unbranched alkanes of at least 4 members (excludes halogenated alkanes) is 2. The second kappa shape index (κ2) is 19.0. The van der Waals surface area contributed by atoms with Crippen LogP contribution in [0, 0.1) is 23.7 Å². The molecule has 4 aliphatic heterocycles. The van der Waals surface area contributed by atoms with Gasteiger partial charge in [0.1, 0.15) is 12.4 Å². The molecular weight excluding hydrogens is 867 g/mol. The molecule has 4 amide bonds. The average molecular weight is 934 g/mol. The number of carbonyl (C=O) groups excluding carboxylic acids is 5. The molecule has 3 aromatic rings. The third-order valence-corrected chi connectivity index (χ3v) is 15.5. The van der Waals surface area contributed by atoms with Gasteiger partial charge in [-0.1, -0.05) is 38.1 Å². The van der Waals surface area contributed by atoms with Crippen molar-refractivity contribution in [2.45, 2.75) is 142 Å². The van der Waals surface area contributed by atoms with Crippen molar-refractivity contribution >= 4 is 35.3 Å². The number of hydrogen-bond acceptors (Lipinski definition) is 11. The number of amides is 4. The van der Waals surface area contributed by atoms with Crippen LogP contribution in [0.25, 0.3) is 0 Å². The van der Waals surface area contributed by atoms with E-state index in [-0.39, 0.29) is 53.6 Å². The Hall–Kier alpha value is -5.67. The number of Topliss-reactive ketones (excluding diaryl/α,β-unsaturated/α-hetero) is 1. The number of carbonyl (C=O) groups is 5. The van der Waals surface area contributed by atoms with Crippen molar-refractivity contribution in [3.05, 3.63) is 81.9 Å². The summed E-state index contributed by atoms with van der Waals surface area (Å²) in [5.74, 6) is 0.985. The average Bonchev–Trinajstić information content (AvgIpc) is 4.21. The van der Waals surface area contributed by atoms with Crippen LogP contribution in [0.3, 0.4) is 0 Å². The quantitative estimate of drug-likeness (QED) is 0.123. The van der Waals surface area contributed by atoms with Crippen molar-refractivity contribution in [3.63, 3.8) is 0 Å². The van der Waals surface area contributed by atoms with Crippen LogP contribution < -0.4 is 30.2 Å². The summed E-state index contributed by atoms with van der Waals surface area (Å²) in [4.78, 5) is 72.3. The van der Waals surface area contributed by atoms with E-state index in [4.69, 9.17) is 24.7 Å². The molecule has 4 fully saturated rings. The molecule has 4 heterocycles. The van der Waals surface area contributed by atoms with E-state index in [1.54, 1.807) is 55.3 Å². The van der Waals surface area contributed by atoms with Crippen LogP contribution in [0.15, 0.2) is 48.5 Å². The lowest BCUT2D eigenvalue weighted by atomic mass is 9.97. The number of aliphatic hydroxyl groups excluding tert-OH is 1. The zero-order valence-corrected chi connectivity index (χ0v) is 40.1. The van der Waals surface area contributed by atoms with Crippen molar-refractivity contribution in [2.75, 3.05) is 38.3 Å². The second-order valence-corrected chi connectivity index (χ2v) is 20.9. The van der Waals surface area contributed by atoms with Crippen LogP contribution in [0.5, 0.6) is 17.2 Å². The predicted octanol–water partition coefficient (Wildman–Crippen LogP) is 6.64. The lowest BCUT2D eigenvalue weighted by Gasteiger charge is -2.31. The van der Waals surface area contributed by atoms with E-state index >= 15 is 0 Å². The molecule has 1 unspecified atom stereocenters. The summed E-state index contributed by atoms with van der Waals surface area (Å²) in [7, 11) is 1.60. The Kier molecular flexibility index (Phi) is 13.3. The number of ketones is 1. The van der Waals surface area contributed by atoms with E-state index < -0.39 is 30.4 Å². The normalized spacial score (nSPS) is 22.4. The molecule has 0 bridgehead atoms. The molecule has 6 aliphatic rings. The molecular formula is C53H67N5O10. The van der Waals surface area contributed by atoms with Gasteiger partial charge in [-0.15, -0.1) is 0 Å². The van der Waals surface area contributed by atoms with Gasteiger partial charge in [-0.2, -0.15) is 0 Å².